The lowest BCUT2D eigenvalue weighted by atomic mass is 10.2. The molecule has 0 aliphatic rings. The summed E-state index contributed by atoms with van der Waals surface area (Å²) in [5.74, 6) is 0.484. The number of hydrogen-bond donors (Lipinski definition) is 3. The summed E-state index contributed by atoms with van der Waals surface area (Å²) in [4.78, 5) is 20.6. The first-order chi connectivity index (χ1) is 10.2. The maximum Gasteiger partial charge on any atom is 0.260 e. The molecule has 21 heavy (non-hydrogen) atoms. The van der Waals surface area contributed by atoms with Gasteiger partial charge in [0.1, 0.15) is 0 Å². The zero-order chi connectivity index (χ0) is 14.8. The molecule has 4 N–H and O–H groups in total. The Bertz CT molecular complexity index is 810. The van der Waals surface area contributed by atoms with Crippen LogP contribution in [0.4, 0.5) is 11.6 Å². The molecule has 1 atom stereocenters. The second-order valence-electron chi connectivity index (χ2n) is 4.81. The normalized spacial score (nSPS) is 12.4. The number of hydrogen-bond acceptors (Lipinski definition) is 5. The van der Waals surface area contributed by atoms with E-state index in [-0.39, 0.29) is 11.6 Å². The maximum atomic E-state index is 12.1. The van der Waals surface area contributed by atoms with Gasteiger partial charge in [0.15, 0.2) is 0 Å². The van der Waals surface area contributed by atoms with Crippen molar-refractivity contribution in [2.75, 3.05) is 11.1 Å². The van der Waals surface area contributed by atoms with Crippen LogP contribution in [0.1, 0.15) is 24.3 Å². The van der Waals surface area contributed by atoms with E-state index in [0.29, 0.717) is 22.5 Å². The zero-order valence-electron chi connectivity index (χ0n) is 11.6. The fourth-order valence-electron chi connectivity index (χ4n) is 2.25. The summed E-state index contributed by atoms with van der Waals surface area (Å²) < 4.78 is 0. The molecule has 0 saturated carbocycles. The molecule has 0 aliphatic carbocycles. The molecule has 2 heterocycles. The molecule has 0 radical (unpaired) electrons. The number of fused-ring (bicyclic) bond motifs is 1. The molecule has 0 amide bonds. The van der Waals surface area contributed by atoms with Gasteiger partial charge in [0, 0.05) is 10.6 Å². The largest absolute Gasteiger partial charge is 0.399 e. The molecule has 3 aromatic rings. The van der Waals surface area contributed by atoms with E-state index in [2.05, 4.69) is 28.3 Å². The van der Waals surface area contributed by atoms with Crippen molar-refractivity contribution in [2.45, 2.75) is 19.4 Å². The Hall–Kier alpha value is -2.34. The number of rotatable bonds is 4. The Morgan fingerprint density at radius 3 is 3.00 bits per heavy atom. The Morgan fingerprint density at radius 1 is 1.43 bits per heavy atom. The molecular weight excluding hydrogens is 284 g/mol. The second-order valence-corrected chi connectivity index (χ2v) is 5.79. The zero-order valence-corrected chi connectivity index (χ0v) is 12.4. The number of nitrogens with one attached hydrogen (secondary N) is 2. The Balaban J connectivity index is 1.97. The highest BCUT2D eigenvalue weighted by Gasteiger charge is 2.12. The summed E-state index contributed by atoms with van der Waals surface area (Å²) in [6, 6.07) is 9.38. The standard InChI is InChI=1S/C15H16N4OS/c1-2-11(13-4-3-7-21-13)17-15-18-12-6-5-9(16)8-10(12)14(20)19-15/h3-8,11H,2,16H2,1H3,(H2,17,18,19,20). The first kappa shape index (κ1) is 13.6. The average molecular weight is 300 g/mol. The molecular formula is C15H16N4OS. The lowest BCUT2D eigenvalue weighted by molar-refractivity contribution is 0.752. The summed E-state index contributed by atoms with van der Waals surface area (Å²) in [7, 11) is 0. The molecule has 0 fully saturated rings. The van der Waals surface area contributed by atoms with Gasteiger partial charge < -0.3 is 11.1 Å². The van der Waals surface area contributed by atoms with E-state index >= 15 is 0 Å². The van der Waals surface area contributed by atoms with Crippen LogP contribution in [0, 0.1) is 0 Å². The van der Waals surface area contributed by atoms with Crippen molar-refractivity contribution in [1.29, 1.82) is 0 Å². The van der Waals surface area contributed by atoms with E-state index in [1.54, 1.807) is 29.5 Å². The van der Waals surface area contributed by atoms with Crippen molar-refractivity contribution in [3.05, 3.63) is 50.9 Å². The Morgan fingerprint density at radius 2 is 2.29 bits per heavy atom. The summed E-state index contributed by atoms with van der Waals surface area (Å²) >= 11 is 1.69. The quantitative estimate of drug-likeness (QED) is 0.646. The van der Waals surface area contributed by atoms with E-state index < -0.39 is 0 Å². The first-order valence-electron chi connectivity index (χ1n) is 6.77. The molecule has 6 heteroatoms. The van der Waals surface area contributed by atoms with Crippen LogP contribution in [0.5, 0.6) is 0 Å². The van der Waals surface area contributed by atoms with E-state index in [9.17, 15) is 4.79 Å². The number of nitrogen functional groups attached to an aromatic ring is 1. The molecule has 1 unspecified atom stereocenters. The average Bonchev–Trinajstić information content (AvgIpc) is 2.99. The molecule has 0 aliphatic heterocycles. The van der Waals surface area contributed by atoms with Gasteiger partial charge in [0.05, 0.1) is 16.9 Å². The number of aromatic nitrogens is 2. The number of aromatic amines is 1. The molecule has 5 nitrogen and oxygen atoms in total. The monoisotopic (exact) mass is 300 g/mol. The van der Waals surface area contributed by atoms with E-state index in [1.165, 1.54) is 4.88 Å². The molecule has 2 aromatic heterocycles. The van der Waals surface area contributed by atoms with Gasteiger partial charge in [-0.2, -0.15) is 0 Å². The second kappa shape index (κ2) is 5.57. The number of anilines is 2. The van der Waals surface area contributed by atoms with Gasteiger partial charge in [-0.25, -0.2) is 4.98 Å². The number of thiophene rings is 1. The van der Waals surface area contributed by atoms with Crippen molar-refractivity contribution >= 4 is 33.9 Å². The highest BCUT2D eigenvalue weighted by molar-refractivity contribution is 7.10. The smallest absolute Gasteiger partial charge is 0.260 e. The van der Waals surface area contributed by atoms with Crippen LogP contribution in [-0.2, 0) is 0 Å². The van der Waals surface area contributed by atoms with E-state index in [1.807, 2.05) is 11.4 Å². The molecule has 3 rings (SSSR count). The molecule has 0 bridgehead atoms. The summed E-state index contributed by atoms with van der Waals surface area (Å²) in [5, 5.41) is 5.84. The highest BCUT2D eigenvalue weighted by atomic mass is 32.1. The predicted molar refractivity (Wildman–Crippen MR) is 87.7 cm³/mol. The lowest BCUT2D eigenvalue weighted by Crippen LogP contribution is -2.16. The molecule has 0 spiro atoms. The summed E-state index contributed by atoms with van der Waals surface area (Å²) in [5.41, 5.74) is 6.71. The van der Waals surface area contributed by atoms with Crippen molar-refractivity contribution in [3.63, 3.8) is 0 Å². The molecule has 108 valence electrons. The maximum absolute atomic E-state index is 12.1. The Labute approximate surface area is 125 Å². The third kappa shape index (κ3) is 2.75. The molecule has 0 saturated heterocycles. The van der Waals surface area contributed by atoms with Gasteiger partial charge in [-0.3, -0.25) is 9.78 Å². The van der Waals surface area contributed by atoms with Gasteiger partial charge in [0.25, 0.3) is 5.56 Å². The van der Waals surface area contributed by atoms with Crippen LogP contribution < -0.4 is 16.6 Å². The van der Waals surface area contributed by atoms with Crippen LogP contribution in [0.2, 0.25) is 0 Å². The summed E-state index contributed by atoms with van der Waals surface area (Å²) in [6.07, 6.45) is 0.907. The number of nitrogens with two attached hydrogens (primary N) is 1. The van der Waals surface area contributed by atoms with Crippen LogP contribution >= 0.6 is 11.3 Å². The minimum Gasteiger partial charge on any atom is -0.399 e. The van der Waals surface area contributed by atoms with Crippen molar-refractivity contribution in [3.8, 4) is 0 Å². The fraction of sp³-hybridized carbons (Fsp3) is 0.200. The van der Waals surface area contributed by atoms with Crippen molar-refractivity contribution in [1.82, 2.24) is 9.97 Å². The van der Waals surface area contributed by atoms with Gasteiger partial charge in [-0.05, 0) is 36.1 Å². The number of nitrogens with zero attached hydrogens (tertiary/aromatic N) is 1. The minimum atomic E-state index is -0.184. The van der Waals surface area contributed by atoms with Crippen LogP contribution in [0.25, 0.3) is 10.9 Å². The third-order valence-corrected chi connectivity index (χ3v) is 4.32. The SMILES string of the molecule is CCC(Nc1nc2ccc(N)cc2c(=O)[nH]1)c1cccs1. The van der Waals surface area contributed by atoms with Crippen LogP contribution in [-0.4, -0.2) is 9.97 Å². The third-order valence-electron chi connectivity index (χ3n) is 3.34. The summed E-state index contributed by atoms with van der Waals surface area (Å²) in [6.45, 7) is 2.09. The predicted octanol–water partition coefficient (Wildman–Crippen LogP) is 3.13. The van der Waals surface area contributed by atoms with Gasteiger partial charge in [0.2, 0.25) is 5.95 Å². The first-order valence-corrected chi connectivity index (χ1v) is 7.65. The number of benzene rings is 1. The number of H-pyrrole nitrogens is 1. The Kier molecular flexibility index (Phi) is 3.62. The van der Waals surface area contributed by atoms with Crippen molar-refractivity contribution < 1.29 is 0 Å². The van der Waals surface area contributed by atoms with Crippen LogP contribution in [0.3, 0.4) is 0 Å². The van der Waals surface area contributed by atoms with Gasteiger partial charge in [-0.1, -0.05) is 13.0 Å². The van der Waals surface area contributed by atoms with Crippen molar-refractivity contribution in [2.24, 2.45) is 0 Å². The highest BCUT2D eigenvalue weighted by Crippen LogP contribution is 2.25. The van der Waals surface area contributed by atoms with E-state index in [0.717, 1.165) is 6.42 Å². The lowest BCUT2D eigenvalue weighted by Gasteiger charge is -2.16. The van der Waals surface area contributed by atoms with Gasteiger partial charge in [-0.15, -0.1) is 11.3 Å². The van der Waals surface area contributed by atoms with Gasteiger partial charge >= 0.3 is 0 Å². The van der Waals surface area contributed by atoms with E-state index in [4.69, 9.17) is 5.73 Å². The molecule has 1 aromatic carbocycles. The topological polar surface area (TPSA) is 83.8 Å². The fourth-order valence-corrected chi connectivity index (χ4v) is 3.11. The van der Waals surface area contributed by atoms with Crippen LogP contribution in [0.15, 0.2) is 40.5 Å². The minimum absolute atomic E-state index is 0.138.